The van der Waals surface area contributed by atoms with Crippen LogP contribution in [0.4, 0.5) is 0 Å². The molecule has 0 bridgehead atoms. The molecule has 84 valence electrons. The molecule has 16 heavy (non-hydrogen) atoms. The number of hydrogen-bond donors (Lipinski definition) is 1. The van der Waals surface area contributed by atoms with E-state index < -0.39 is 6.10 Å². The maximum atomic E-state index is 10.1. The fourth-order valence-corrected chi connectivity index (χ4v) is 1.84. The summed E-state index contributed by atoms with van der Waals surface area (Å²) >= 11 is 0. The van der Waals surface area contributed by atoms with E-state index >= 15 is 0 Å². The van der Waals surface area contributed by atoms with Gasteiger partial charge in [-0.3, -0.25) is 9.97 Å². The summed E-state index contributed by atoms with van der Waals surface area (Å²) in [6, 6.07) is 5.76. The summed E-state index contributed by atoms with van der Waals surface area (Å²) in [5, 5.41) is 10.1. The summed E-state index contributed by atoms with van der Waals surface area (Å²) in [5.41, 5.74) is 2.54. The minimum absolute atomic E-state index is 0.430. The van der Waals surface area contributed by atoms with Crippen LogP contribution in [0.5, 0.6) is 0 Å². The second-order valence-corrected chi connectivity index (χ2v) is 3.93. The van der Waals surface area contributed by atoms with Gasteiger partial charge in [-0.2, -0.15) is 0 Å². The zero-order chi connectivity index (χ0) is 11.4. The maximum absolute atomic E-state index is 10.1. The van der Waals surface area contributed by atoms with Crippen molar-refractivity contribution in [2.24, 2.45) is 0 Å². The molecule has 0 amide bonds. The molecule has 1 aromatic carbocycles. The van der Waals surface area contributed by atoms with Crippen molar-refractivity contribution in [2.45, 2.75) is 32.3 Å². The first-order valence-corrected chi connectivity index (χ1v) is 5.70. The number of benzene rings is 1. The topological polar surface area (TPSA) is 46.0 Å². The molecule has 1 N–H and O–H groups in total. The molecule has 0 spiro atoms. The van der Waals surface area contributed by atoms with Gasteiger partial charge in [-0.05, 0) is 12.5 Å². The Morgan fingerprint density at radius 2 is 2.06 bits per heavy atom. The van der Waals surface area contributed by atoms with Gasteiger partial charge in [0.05, 0.1) is 17.1 Å². The fourth-order valence-electron chi connectivity index (χ4n) is 1.84. The Labute approximate surface area is 95.2 Å². The molecule has 0 fully saturated rings. The minimum atomic E-state index is -0.430. The SMILES string of the molecule is CCCCC(O)c1cccc2nccnc12. The van der Waals surface area contributed by atoms with Crippen molar-refractivity contribution in [2.75, 3.05) is 0 Å². The Bertz CT molecular complexity index is 465. The van der Waals surface area contributed by atoms with Crippen LogP contribution in [-0.2, 0) is 0 Å². The summed E-state index contributed by atoms with van der Waals surface area (Å²) in [5.74, 6) is 0. The number of fused-ring (bicyclic) bond motifs is 1. The molecule has 0 aliphatic rings. The van der Waals surface area contributed by atoms with Gasteiger partial charge in [0.25, 0.3) is 0 Å². The van der Waals surface area contributed by atoms with E-state index in [0.29, 0.717) is 0 Å². The molecule has 1 unspecified atom stereocenters. The van der Waals surface area contributed by atoms with E-state index in [-0.39, 0.29) is 0 Å². The monoisotopic (exact) mass is 216 g/mol. The standard InChI is InChI=1S/C13H16N2O/c1-2-3-7-12(16)10-5-4-6-11-13(10)15-9-8-14-11/h4-6,8-9,12,16H,2-3,7H2,1H3. The van der Waals surface area contributed by atoms with Crippen LogP contribution in [0, 0.1) is 0 Å². The van der Waals surface area contributed by atoms with Gasteiger partial charge in [0.15, 0.2) is 0 Å². The molecule has 0 saturated heterocycles. The normalized spacial score (nSPS) is 12.9. The average Bonchev–Trinajstić information content (AvgIpc) is 2.35. The predicted molar refractivity (Wildman–Crippen MR) is 64.0 cm³/mol. The molecule has 0 aliphatic heterocycles. The van der Waals surface area contributed by atoms with Crippen molar-refractivity contribution in [1.82, 2.24) is 9.97 Å². The number of hydrogen-bond acceptors (Lipinski definition) is 3. The molecule has 2 aromatic rings. The van der Waals surface area contributed by atoms with Crippen molar-refractivity contribution >= 4 is 11.0 Å². The highest BCUT2D eigenvalue weighted by Crippen LogP contribution is 2.24. The summed E-state index contributed by atoms with van der Waals surface area (Å²) in [7, 11) is 0. The van der Waals surface area contributed by atoms with Crippen LogP contribution in [0.2, 0.25) is 0 Å². The number of aromatic nitrogens is 2. The highest BCUT2D eigenvalue weighted by Gasteiger charge is 2.11. The molecule has 1 heterocycles. The van der Waals surface area contributed by atoms with E-state index in [1.807, 2.05) is 18.2 Å². The number of nitrogens with zero attached hydrogens (tertiary/aromatic N) is 2. The second kappa shape index (κ2) is 5.03. The first-order chi connectivity index (χ1) is 7.83. The molecule has 0 saturated carbocycles. The summed E-state index contributed by atoms with van der Waals surface area (Å²) in [6.45, 7) is 2.12. The van der Waals surface area contributed by atoms with Crippen LogP contribution < -0.4 is 0 Å². The van der Waals surface area contributed by atoms with E-state index in [2.05, 4.69) is 16.9 Å². The number of unbranched alkanes of at least 4 members (excludes halogenated alkanes) is 1. The third kappa shape index (κ3) is 2.19. The zero-order valence-electron chi connectivity index (χ0n) is 9.43. The maximum Gasteiger partial charge on any atom is 0.0944 e. The minimum Gasteiger partial charge on any atom is -0.388 e. The lowest BCUT2D eigenvalue weighted by atomic mass is 10.0. The predicted octanol–water partition coefficient (Wildman–Crippen LogP) is 2.85. The Kier molecular flexibility index (Phi) is 3.47. The van der Waals surface area contributed by atoms with Gasteiger partial charge in [-0.15, -0.1) is 0 Å². The molecule has 2 rings (SSSR count). The first kappa shape index (κ1) is 11.0. The van der Waals surface area contributed by atoms with Gasteiger partial charge in [0.1, 0.15) is 0 Å². The smallest absolute Gasteiger partial charge is 0.0944 e. The largest absolute Gasteiger partial charge is 0.388 e. The lowest BCUT2D eigenvalue weighted by Crippen LogP contribution is -1.99. The molecule has 1 atom stereocenters. The van der Waals surface area contributed by atoms with E-state index in [1.54, 1.807) is 12.4 Å². The lowest BCUT2D eigenvalue weighted by Gasteiger charge is -2.11. The highest BCUT2D eigenvalue weighted by molar-refractivity contribution is 5.77. The van der Waals surface area contributed by atoms with Crippen LogP contribution in [0.1, 0.15) is 37.9 Å². The van der Waals surface area contributed by atoms with Crippen LogP contribution in [0.3, 0.4) is 0 Å². The van der Waals surface area contributed by atoms with Gasteiger partial charge in [-0.1, -0.05) is 31.9 Å². The van der Waals surface area contributed by atoms with E-state index in [9.17, 15) is 5.11 Å². The third-order valence-corrected chi connectivity index (χ3v) is 2.72. The van der Waals surface area contributed by atoms with Gasteiger partial charge < -0.3 is 5.11 Å². The molecular formula is C13H16N2O. The van der Waals surface area contributed by atoms with Gasteiger partial charge in [0.2, 0.25) is 0 Å². The zero-order valence-corrected chi connectivity index (χ0v) is 9.43. The fraction of sp³-hybridized carbons (Fsp3) is 0.385. The van der Waals surface area contributed by atoms with Crippen molar-refractivity contribution in [3.63, 3.8) is 0 Å². The highest BCUT2D eigenvalue weighted by atomic mass is 16.3. The Morgan fingerprint density at radius 3 is 2.88 bits per heavy atom. The van der Waals surface area contributed by atoms with Gasteiger partial charge >= 0.3 is 0 Å². The number of para-hydroxylation sites is 1. The summed E-state index contributed by atoms with van der Waals surface area (Å²) in [6.07, 6.45) is 5.81. The lowest BCUT2D eigenvalue weighted by molar-refractivity contribution is 0.165. The van der Waals surface area contributed by atoms with Gasteiger partial charge in [-0.25, -0.2) is 0 Å². The Balaban J connectivity index is 2.36. The van der Waals surface area contributed by atoms with E-state index in [4.69, 9.17) is 0 Å². The summed E-state index contributed by atoms with van der Waals surface area (Å²) < 4.78 is 0. The number of aliphatic hydroxyl groups is 1. The quantitative estimate of drug-likeness (QED) is 0.854. The molecule has 0 radical (unpaired) electrons. The number of aliphatic hydroxyl groups excluding tert-OH is 1. The molecule has 0 aliphatic carbocycles. The van der Waals surface area contributed by atoms with E-state index in [1.165, 1.54) is 0 Å². The van der Waals surface area contributed by atoms with Crippen molar-refractivity contribution in [3.8, 4) is 0 Å². The van der Waals surface area contributed by atoms with Crippen LogP contribution in [0.25, 0.3) is 11.0 Å². The molecule has 3 nitrogen and oxygen atoms in total. The molecule has 3 heteroatoms. The first-order valence-electron chi connectivity index (χ1n) is 5.70. The van der Waals surface area contributed by atoms with Crippen molar-refractivity contribution in [3.05, 3.63) is 36.2 Å². The average molecular weight is 216 g/mol. The van der Waals surface area contributed by atoms with Crippen molar-refractivity contribution < 1.29 is 5.11 Å². The van der Waals surface area contributed by atoms with Crippen LogP contribution in [0.15, 0.2) is 30.6 Å². The van der Waals surface area contributed by atoms with Crippen molar-refractivity contribution in [1.29, 1.82) is 0 Å². The van der Waals surface area contributed by atoms with Crippen LogP contribution in [-0.4, -0.2) is 15.1 Å². The molecule has 1 aromatic heterocycles. The summed E-state index contributed by atoms with van der Waals surface area (Å²) in [4.78, 5) is 8.52. The Hall–Kier alpha value is -1.48. The van der Waals surface area contributed by atoms with E-state index in [0.717, 1.165) is 35.9 Å². The third-order valence-electron chi connectivity index (χ3n) is 2.72. The molecular weight excluding hydrogens is 200 g/mol. The van der Waals surface area contributed by atoms with Crippen LogP contribution >= 0.6 is 0 Å². The number of rotatable bonds is 4. The second-order valence-electron chi connectivity index (χ2n) is 3.93. The van der Waals surface area contributed by atoms with Gasteiger partial charge in [0, 0.05) is 18.0 Å². The Morgan fingerprint density at radius 1 is 1.25 bits per heavy atom.